The number of para-hydroxylation sites is 1. The molecule has 2 saturated heterocycles. The molecule has 0 aliphatic carbocycles. The maximum atomic E-state index is 13.0. The molecule has 2 fully saturated rings. The highest BCUT2D eigenvalue weighted by Crippen LogP contribution is 2.31. The predicted octanol–water partition coefficient (Wildman–Crippen LogP) is 2.44. The van der Waals surface area contributed by atoms with Crippen LogP contribution in [-0.2, 0) is 0 Å². The number of rotatable bonds is 2. The summed E-state index contributed by atoms with van der Waals surface area (Å²) in [6.07, 6.45) is 3.91. The van der Waals surface area contributed by atoms with Gasteiger partial charge < -0.3 is 10.0 Å². The van der Waals surface area contributed by atoms with E-state index >= 15 is 0 Å². The van der Waals surface area contributed by atoms with Gasteiger partial charge in [0.1, 0.15) is 10.4 Å². The molecule has 1 unspecified atom stereocenters. The number of aromatic nitrogens is 3. The van der Waals surface area contributed by atoms with Crippen molar-refractivity contribution in [2.45, 2.75) is 18.9 Å². The first kappa shape index (κ1) is 17.8. The minimum absolute atomic E-state index is 0.223. The summed E-state index contributed by atoms with van der Waals surface area (Å²) in [7, 11) is 0. The first-order valence-corrected chi connectivity index (χ1v) is 10.9. The molecule has 152 valence electrons. The van der Waals surface area contributed by atoms with Crippen LogP contribution in [0.15, 0.2) is 35.3 Å². The zero-order valence-corrected chi connectivity index (χ0v) is 16.9. The van der Waals surface area contributed by atoms with Crippen LogP contribution in [0.4, 0.5) is 5.95 Å². The molecule has 4 aromatic rings. The van der Waals surface area contributed by atoms with Gasteiger partial charge in [-0.25, -0.2) is 9.78 Å². The Morgan fingerprint density at radius 3 is 2.93 bits per heavy atom. The van der Waals surface area contributed by atoms with Crippen LogP contribution < -0.4 is 10.3 Å². The largest absolute Gasteiger partial charge is 0.477 e. The summed E-state index contributed by atoms with van der Waals surface area (Å²) in [5.74, 6) is -0.631. The van der Waals surface area contributed by atoms with E-state index in [1.807, 2.05) is 24.3 Å². The number of fused-ring (bicyclic) bond motifs is 6. The third kappa shape index (κ3) is 2.48. The summed E-state index contributed by atoms with van der Waals surface area (Å²) in [5.41, 5.74) is 0.558. The maximum Gasteiger partial charge on any atom is 0.342 e. The lowest BCUT2D eigenvalue weighted by molar-refractivity contribution is 0.0697. The SMILES string of the molecule is O=C(O)c1c(=O)c2cnc(N3CCN4CCCC4C3)nc2n2c1sc1ccccc12. The van der Waals surface area contributed by atoms with Crippen molar-refractivity contribution in [3.8, 4) is 0 Å². The van der Waals surface area contributed by atoms with E-state index in [1.54, 1.807) is 4.40 Å². The molecule has 2 aliphatic heterocycles. The van der Waals surface area contributed by atoms with E-state index in [2.05, 4.69) is 14.8 Å². The fraction of sp³-hybridized carbons (Fsp3) is 0.333. The first-order chi connectivity index (χ1) is 14.6. The van der Waals surface area contributed by atoms with Crippen LogP contribution in [0, 0.1) is 0 Å². The van der Waals surface area contributed by atoms with Gasteiger partial charge in [-0.2, -0.15) is 4.98 Å². The Kier molecular flexibility index (Phi) is 3.84. The lowest BCUT2D eigenvalue weighted by Crippen LogP contribution is -2.50. The van der Waals surface area contributed by atoms with E-state index in [0.29, 0.717) is 22.5 Å². The predicted molar refractivity (Wildman–Crippen MR) is 116 cm³/mol. The average Bonchev–Trinajstić information content (AvgIpc) is 3.37. The second-order valence-electron chi connectivity index (χ2n) is 7.90. The third-order valence-electron chi connectivity index (χ3n) is 6.25. The molecule has 30 heavy (non-hydrogen) atoms. The fourth-order valence-corrected chi connectivity index (χ4v) is 5.98. The Morgan fingerprint density at radius 2 is 2.07 bits per heavy atom. The van der Waals surface area contributed by atoms with Crippen LogP contribution >= 0.6 is 11.3 Å². The van der Waals surface area contributed by atoms with Crippen molar-refractivity contribution in [3.05, 3.63) is 46.2 Å². The van der Waals surface area contributed by atoms with Crippen LogP contribution in [-0.4, -0.2) is 62.6 Å². The number of benzene rings is 1. The van der Waals surface area contributed by atoms with E-state index in [-0.39, 0.29) is 10.9 Å². The second kappa shape index (κ2) is 6.48. The quantitative estimate of drug-likeness (QED) is 0.532. The number of nitrogens with zero attached hydrogens (tertiary/aromatic N) is 5. The first-order valence-electron chi connectivity index (χ1n) is 10.1. The van der Waals surface area contributed by atoms with Gasteiger partial charge in [0.05, 0.1) is 15.6 Å². The molecule has 1 atom stereocenters. The number of hydrogen-bond donors (Lipinski definition) is 1. The van der Waals surface area contributed by atoms with Gasteiger partial charge in [0.2, 0.25) is 11.4 Å². The highest BCUT2D eigenvalue weighted by atomic mass is 32.1. The molecule has 0 saturated carbocycles. The number of carboxylic acids is 1. The molecule has 1 N–H and O–H groups in total. The molecule has 0 amide bonds. The van der Waals surface area contributed by atoms with Gasteiger partial charge in [-0.3, -0.25) is 14.1 Å². The van der Waals surface area contributed by atoms with E-state index in [9.17, 15) is 14.7 Å². The molecule has 8 nitrogen and oxygen atoms in total. The number of carboxylic acid groups (broad SMARTS) is 1. The highest BCUT2D eigenvalue weighted by Gasteiger charge is 2.32. The number of hydrogen-bond acceptors (Lipinski definition) is 7. The molecule has 2 aliphatic rings. The third-order valence-corrected chi connectivity index (χ3v) is 7.40. The topological polar surface area (TPSA) is 91.0 Å². The van der Waals surface area contributed by atoms with Crippen LogP contribution in [0.1, 0.15) is 23.2 Å². The Bertz CT molecular complexity index is 1390. The minimum Gasteiger partial charge on any atom is -0.477 e. The summed E-state index contributed by atoms with van der Waals surface area (Å²) in [6.45, 7) is 3.87. The molecule has 0 radical (unpaired) electrons. The average molecular weight is 421 g/mol. The van der Waals surface area contributed by atoms with Crippen molar-refractivity contribution in [1.82, 2.24) is 19.3 Å². The molecule has 1 aromatic carbocycles. The van der Waals surface area contributed by atoms with Crippen molar-refractivity contribution in [3.63, 3.8) is 0 Å². The molecule has 9 heteroatoms. The Morgan fingerprint density at radius 1 is 1.20 bits per heavy atom. The van der Waals surface area contributed by atoms with E-state index in [0.717, 1.165) is 36.4 Å². The second-order valence-corrected chi connectivity index (χ2v) is 8.94. The molecule has 3 aromatic heterocycles. The molecule has 5 heterocycles. The van der Waals surface area contributed by atoms with Crippen molar-refractivity contribution < 1.29 is 9.90 Å². The van der Waals surface area contributed by atoms with Gasteiger partial charge in [-0.1, -0.05) is 12.1 Å². The summed E-state index contributed by atoms with van der Waals surface area (Å²) in [4.78, 5) is 39.3. The monoisotopic (exact) mass is 421 g/mol. The van der Waals surface area contributed by atoms with Crippen LogP contribution in [0.3, 0.4) is 0 Å². The number of piperazine rings is 1. The molecule has 6 rings (SSSR count). The van der Waals surface area contributed by atoms with Crippen LogP contribution in [0.25, 0.3) is 26.1 Å². The fourth-order valence-electron chi connectivity index (χ4n) is 4.80. The lowest BCUT2D eigenvalue weighted by atomic mass is 10.1. The van der Waals surface area contributed by atoms with Gasteiger partial charge in [-0.15, -0.1) is 11.3 Å². The van der Waals surface area contributed by atoms with Crippen LogP contribution in [0.2, 0.25) is 0 Å². The number of pyridine rings is 1. The molecule has 0 spiro atoms. The van der Waals surface area contributed by atoms with Gasteiger partial charge in [0, 0.05) is 31.9 Å². The van der Waals surface area contributed by atoms with E-state index < -0.39 is 11.4 Å². The van der Waals surface area contributed by atoms with Gasteiger partial charge in [0.15, 0.2) is 5.65 Å². The summed E-state index contributed by atoms with van der Waals surface area (Å²) in [6, 6.07) is 8.18. The van der Waals surface area contributed by atoms with Gasteiger partial charge in [0.25, 0.3) is 0 Å². The van der Waals surface area contributed by atoms with Crippen molar-refractivity contribution in [1.29, 1.82) is 0 Å². The minimum atomic E-state index is -1.23. The number of thiazole rings is 1. The van der Waals surface area contributed by atoms with Gasteiger partial charge in [-0.05, 0) is 31.5 Å². The van der Waals surface area contributed by atoms with Gasteiger partial charge >= 0.3 is 5.97 Å². The summed E-state index contributed by atoms with van der Waals surface area (Å²) in [5, 5.41) is 9.97. The summed E-state index contributed by atoms with van der Waals surface area (Å²) < 4.78 is 2.71. The Labute approximate surface area is 175 Å². The number of aromatic carboxylic acids is 1. The Balaban J connectivity index is 1.61. The zero-order valence-electron chi connectivity index (χ0n) is 16.1. The smallest absolute Gasteiger partial charge is 0.342 e. The van der Waals surface area contributed by atoms with E-state index in [1.165, 1.54) is 30.4 Å². The maximum absolute atomic E-state index is 13.0. The highest BCUT2D eigenvalue weighted by molar-refractivity contribution is 7.24. The van der Waals surface area contributed by atoms with E-state index in [4.69, 9.17) is 4.98 Å². The normalized spacial score (nSPS) is 19.7. The standard InChI is InChI=1S/C21H19N5O3S/c27-17-13-10-22-21(25-9-8-24-7-3-4-12(24)11-25)23-18(13)26-14-5-1-2-6-15(14)30-19(26)16(17)20(28)29/h1-2,5-6,10,12H,3-4,7-9,11H2,(H,28,29). The zero-order chi connectivity index (χ0) is 20.4. The molecule has 0 bridgehead atoms. The number of anilines is 1. The van der Waals surface area contributed by atoms with Crippen molar-refractivity contribution in [2.75, 3.05) is 31.1 Å². The lowest BCUT2D eigenvalue weighted by Gasteiger charge is -2.37. The van der Waals surface area contributed by atoms with Crippen molar-refractivity contribution in [2.24, 2.45) is 0 Å². The Hall–Kier alpha value is -3.04. The van der Waals surface area contributed by atoms with Crippen LogP contribution in [0.5, 0.6) is 0 Å². The number of carbonyl (C=O) groups is 1. The molecular formula is C21H19N5O3S. The van der Waals surface area contributed by atoms with Crippen molar-refractivity contribution >= 4 is 49.3 Å². The molecular weight excluding hydrogens is 402 g/mol. The summed E-state index contributed by atoms with van der Waals surface area (Å²) >= 11 is 1.30.